The van der Waals surface area contributed by atoms with Crippen LogP contribution in [0.4, 0.5) is 5.69 Å². The number of nitrogens with zero attached hydrogens (tertiary/aromatic N) is 3. The van der Waals surface area contributed by atoms with Crippen LogP contribution in [0.25, 0.3) is 11.2 Å². The maximum absolute atomic E-state index is 13.3. The van der Waals surface area contributed by atoms with E-state index < -0.39 is 0 Å². The van der Waals surface area contributed by atoms with Crippen molar-refractivity contribution < 1.29 is 4.79 Å². The molecule has 2 aliphatic rings. The van der Waals surface area contributed by atoms with Gasteiger partial charge in [-0.2, -0.15) is 0 Å². The largest absolute Gasteiger partial charge is 0.336 e. The zero-order valence-electron chi connectivity index (χ0n) is 20.5. The molecule has 2 fully saturated rings. The van der Waals surface area contributed by atoms with Crippen LogP contribution in [0.15, 0.2) is 33.9 Å². The Morgan fingerprint density at radius 2 is 1.69 bits per heavy atom. The Kier molecular flexibility index (Phi) is 6.88. The number of imidazole rings is 1. The highest BCUT2D eigenvalue weighted by atomic mass is 16.2. The molecule has 0 unspecified atom stereocenters. The van der Waals surface area contributed by atoms with Gasteiger partial charge in [0, 0.05) is 30.6 Å². The minimum Gasteiger partial charge on any atom is -0.336 e. The zero-order valence-corrected chi connectivity index (χ0v) is 20.5. The van der Waals surface area contributed by atoms with Gasteiger partial charge in [-0.05, 0) is 56.2 Å². The van der Waals surface area contributed by atoms with Crippen LogP contribution in [0.3, 0.4) is 0 Å². The standard InChI is InChI=1S/C27H35N5O3/c1-2-16-32-26(34)22-24(30-23(29-22)19-7-3-4-8-19)31(27(32)35)17-15-18-11-13-21(14-12-18)28-25(33)20-9-5-6-10-20/h11-14,19-20H,2-10,15-17H2,1H3,(H,28,33)(H,29,30). The smallest absolute Gasteiger partial charge is 0.332 e. The SMILES string of the molecule is CCCn1c(=O)c2[nH]c(C3CCCC3)nc2n(CCc2ccc(NC(=O)C3CCCC3)cc2)c1=O. The molecule has 35 heavy (non-hydrogen) atoms. The van der Waals surface area contributed by atoms with Gasteiger partial charge in [0.25, 0.3) is 5.56 Å². The summed E-state index contributed by atoms with van der Waals surface area (Å²) in [6.07, 6.45) is 10.0. The number of aryl methyl sites for hydroxylation is 2. The van der Waals surface area contributed by atoms with E-state index in [4.69, 9.17) is 4.98 Å². The normalized spacial score (nSPS) is 16.9. The first-order valence-electron chi connectivity index (χ1n) is 13.2. The summed E-state index contributed by atoms with van der Waals surface area (Å²) in [5.41, 5.74) is 2.19. The second-order valence-corrected chi connectivity index (χ2v) is 10.1. The monoisotopic (exact) mass is 477 g/mol. The number of benzene rings is 1. The number of H-pyrrole nitrogens is 1. The van der Waals surface area contributed by atoms with Crippen molar-refractivity contribution in [3.63, 3.8) is 0 Å². The average Bonchev–Trinajstić information content (AvgIpc) is 3.64. The number of hydrogen-bond acceptors (Lipinski definition) is 4. The summed E-state index contributed by atoms with van der Waals surface area (Å²) in [7, 11) is 0. The van der Waals surface area contributed by atoms with Crippen molar-refractivity contribution in [3.05, 3.63) is 56.5 Å². The first-order chi connectivity index (χ1) is 17.0. The molecule has 2 saturated carbocycles. The lowest BCUT2D eigenvalue weighted by molar-refractivity contribution is -0.119. The van der Waals surface area contributed by atoms with E-state index in [2.05, 4.69) is 10.3 Å². The number of hydrogen-bond donors (Lipinski definition) is 2. The number of carbonyl (C=O) groups is 1. The van der Waals surface area contributed by atoms with Gasteiger partial charge < -0.3 is 10.3 Å². The van der Waals surface area contributed by atoms with Crippen LogP contribution in [-0.4, -0.2) is 25.0 Å². The van der Waals surface area contributed by atoms with Crippen LogP contribution in [0.1, 0.15) is 82.0 Å². The predicted octanol–water partition coefficient (Wildman–Crippen LogP) is 4.33. The lowest BCUT2D eigenvalue weighted by Crippen LogP contribution is -2.40. The molecule has 0 aliphatic heterocycles. The van der Waals surface area contributed by atoms with Crippen LogP contribution in [0, 0.1) is 5.92 Å². The van der Waals surface area contributed by atoms with E-state index >= 15 is 0 Å². The van der Waals surface area contributed by atoms with Gasteiger partial charge in [0.15, 0.2) is 5.65 Å². The molecule has 0 radical (unpaired) electrons. The van der Waals surface area contributed by atoms with E-state index in [0.717, 1.165) is 55.6 Å². The van der Waals surface area contributed by atoms with Crippen LogP contribution >= 0.6 is 0 Å². The Bertz CT molecular complexity index is 1310. The van der Waals surface area contributed by atoms with Crippen molar-refractivity contribution in [2.75, 3.05) is 5.32 Å². The van der Waals surface area contributed by atoms with E-state index in [-0.39, 0.29) is 23.1 Å². The third-order valence-electron chi connectivity index (χ3n) is 7.64. The summed E-state index contributed by atoms with van der Waals surface area (Å²) in [4.78, 5) is 46.8. The molecule has 8 nitrogen and oxygen atoms in total. The number of nitrogens with one attached hydrogen (secondary N) is 2. The van der Waals surface area contributed by atoms with Gasteiger partial charge in [-0.25, -0.2) is 9.78 Å². The number of carbonyl (C=O) groups excluding carboxylic acids is 1. The fraction of sp³-hybridized carbons (Fsp3) is 0.556. The van der Waals surface area contributed by atoms with Crippen molar-refractivity contribution in [1.82, 2.24) is 19.1 Å². The first-order valence-corrected chi connectivity index (χ1v) is 13.2. The lowest BCUT2D eigenvalue weighted by Gasteiger charge is -2.12. The van der Waals surface area contributed by atoms with Crippen LogP contribution in [0.5, 0.6) is 0 Å². The van der Waals surface area contributed by atoms with E-state index in [1.54, 1.807) is 4.57 Å². The summed E-state index contributed by atoms with van der Waals surface area (Å²) in [5.74, 6) is 1.40. The highest BCUT2D eigenvalue weighted by Gasteiger charge is 2.24. The molecule has 0 atom stereocenters. The number of aromatic amines is 1. The van der Waals surface area contributed by atoms with Crippen LogP contribution in [0.2, 0.25) is 0 Å². The quantitative estimate of drug-likeness (QED) is 0.504. The zero-order chi connectivity index (χ0) is 24.4. The van der Waals surface area contributed by atoms with Crippen LogP contribution in [-0.2, 0) is 24.3 Å². The third kappa shape index (κ3) is 4.83. The summed E-state index contributed by atoms with van der Waals surface area (Å²) >= 11 is 0. The number of rotatable bonds is 8. The fourth-order valence-electron chi connectivity index (χ4n) is 5.63. The molecule has 0 bridgehead atoms. The molecule has 2 N–H and O–H groups in total. The molecule has 2 aromatic heterocycles. The average molecular weight is 478 g/mol. The second kappa shape index (κ2) is 10.2. The van der Waals surface area contributed by atoms with Gasteiger partial charge in [-0.3, -0.25) is 18.7 Å². The van der Waals surface area contributed by atoms with Gasteiger partial charge in [-0.1, -0.05) is 44.7 Å². The number of aromatic nitrogens is 4. The molecule has 2 heterocycles. The summed E-state index contributed by atoms with van der Waals surface area (Å²) in [6, 6.07) is 7.82. The number of amides is 1. The van der Waals surface area contributed by atoms with Gasteiger partial charge >= 0.3 is 5.69 Å². The Hall–Kier alpha value is -3.16. The molecule has 1 amide bonds. The fourth-order valence-corrected chi connectivity index (χ4v) is 5.63. The maximum atomic E-state index is 13.3. The summed E-state index contributed by atoms with van der Waals surface area (Å²) < 4.78 is 2.98. The lowest BCUT2D eigenvalue weighted by atomic mass is 10.1. The minimum atomic E-state index is -0.297. The van der Waals surface area contributed by atoms with Crippen molar-refractivity contribution in [2.45, 2.75) is 90.1 Å². The molecule has 0 saturated heterocycles. The van der Waals surface area contributed by atoms with E-state index in [9.17, 15) is 14.4 Å². The Morgan fingerprint density at radius 3 is 2.37 bits per heavy atom. The Morgan fingerprint density at radius 1 is 1.00 bits per heavy atom. The van der Waals surface area contributed by atoms with Gasteiger partial charge in [-0.15, -0.1) is 0 Å². The molecule has 2 aliphatic carbocycles. The molecule has 3 aromatic rings. The Balaban J connectivity index is 1.37. The van der Waals surface area contributed by atoms with Crippen molar-refractivity contribution >= 4 is 22.8 Å². The van der Waals surface area contributed by atoms with E-state index in [0.29, 0.717) is 43.0 Å². The molecule has 1 aromatic carbocycles. The minimum absolute atomic E-state index is 0.110. The molecule has 0 spiro atoms. The van der Waals surface area contributed by atoms with Crippen molar-refractivity contribution in [3.8, 4) is 0 Å². The molecule has 5 rings (SSSR count). The highest BCUT2D eigenvalue weighted by molar-refractivity contribution is 5.92. The third-order valence-corrected chi connectivity index (χ3v) is 7.64. The molecular formula is C27H35N5O3. The van der Waals surface area contributed by atoms with Crippen LogP contribution < -0.4 is 16.6 Å². The summed E-state index contributed by atoms with van der Waals surface area (Å²) in [6.45, 7) is 2.78. The maximum Gasteiger partial charge on any atom is 0.332 e. The highest BCUT2D eigenvalue weighted by Crippen LogP contribution is 2.33. The first kappa shape index (κ1) is 23.6. The van der Waals surface area contributed by atoms with E-state index in [1.165, 1.54) is 17.4 Å². The second-order valence-electron chi connectivity index (χ2n) is 10.1. The Labute approximate surface area is 204 Å². The molecule has 8 heteroatoms. The van der Waals surface area contributed by atoms with Gasteiger partial charge in [0.05, 0.1) is 0 Å². The van der Waals surface area contributed by atoms with Gasteiger partial charge in [0.1, 0.15) is 11.3 Å². The van der Waals surface area contributed by atoms with Crippen molar-refractivity contribution in [1.29, 1.82) is 0 Å². The summed E-state index contributed by atoms with van der Waals surface area (Å²) in [5, 5.41) is 3.03. The topological polar surface area (TPSA) is 102 Å². The number of anilines is 1. The molecular weight excluding hydrogens is 442 g/mol. The van der Waals surface area contributed by atoms with Crippen molar-refractivity contribution in [2.24, 2.45) is 5.92 Å². The predicted molar refractivity (Wildman–Crippen MR) is 137 cm³/mol. The van der Waals surface area contributed by atoms with Gasteiger partial charge in [0.2, 0.25) is 5.91 Å². The van der Waals surface area contributed by atoms with E-state index in [1.807, 2.05) is 31.2 Å². The molecule has 186 valence electrons. The number of fused-ring (bicyclic) bond motifs is 1.